The fraction of sp³-hybridized carbons (Fsp3) is 0.133. The van der Waals surface area contributed by atoms with Crippen LogP contribution in [0, 0.1) is 11.3 Å². The van der Waals surface area contributed by atoms with E-state index in [1.807, 2.05) is 6.07 Å². The number of hydrogen-bond donors (Lipinski definition) is 1. The molecule has 0 aromatic heterocycles. The molecule has 1 N–H and O–H groups in total. The van der Waals surface area contributed by atoms with Crippen molar-refractivity contribution in [3.63, 3.8) is 0 Å². The minimum Gasteiger partial charge on any atom is -0.493 e. The van der Waals surface area contributed by atoms with E-state index in [0.29, 0.717) is 5.75 Å². The normalized spacial score (nSPS) is 10.6. The molecule has 0 aliphatic heterocycles. The van der Waals surface area contributed by atoms with Gasteiger partial charge in [0.05, 0.1) is 36.4 Å². The molecule has 0 aliphatic rings. The summed E-state index contributed by atoms with van der Waals surface area (Å²) in [4.78, 5) is -0.00331. The molecule has 0 radical (unpaired) electrons. The maximum absolute atomic E-state index is 12.4. The zero-order valence-electron chi connectivity index (χ0n) is 12.0. The molecule has 0 amide bonds. The smallest absolute Gasteiger partial charge is 0.262 e. The van der Waals surface area contributed by atoms with Gasteiger partial charge in [0, 0.05) is 0 Å². The van der Waals surface area contributed by atoms with Gasteiger partial charge in [-0.2, -0.15) is 5.26 Å². The van der Waals surface area contributed by atoms with Gasteiger partial charge in [-0.05, 0) is 30.3 Å². The summed E-state index contributed by atoms with van der Waals surface area (Å²) < 4.78 is 37.6. The number of methoxy groups -OCH3 is 2. The second-order valence-electron chi connectivity index (χ2n) is 4.29. The fourth-order valence-corrected chi connectivity index (χ4v) is 3.01. The third kappa shape index (κ3) is 3.13. The van der Waals surface area contributed by atoms with Gasteiger partial charge in [0.1, 0.15) is 0 Å². The predicted octanol–water partition coefficient (Wildman–Crippen LogP) is 2.38. The highest BCUT2D eigenvalue weighted by Crippen LogP contribution is 2.35. The molecule has 2 rings (SSSR count). The molecular weight excluding hydrogens is 304 g/mol. The van der Waals surface area contributed by atoms with Gasteiger partial charge in [-0.3, -0.25) is 4.72 Å². The van der Waals surface area contributed by atoms with Crippen LogP contribution in [0.1, 0.15) is 5.56 Å². The number of para-hydroxylation sites is 1. The molecular formula is C15H14N2O4S. The number of ether oxygens (including phenoxy) is 2. The highest BCUT2D eigenvalue weighted by Gasteiger charge is 2.18. The molecule has 0 aliphatic carbocycles. The molecule has 0 saturated carbocycles. The van der Waals surface area contributed by atoms with Crippen LogP contribution in [0.25, 0.3) is 0 Å². The van der Waals surface area contributed by atoms with Crippen LogP contribution in [-0.2, 0) is 10.0 Å². The van der Waals surface area contributed by atoms with Crippen LogP contribution in [0.15, 0.2) is 47.4 Å². The Morgan fingerprint density at radius 2 is 1.82 bits per heavy atom. The molecule has 0 bridgehead atoms. The van der Waals surface area contributed by atoms with Crippen LogP contribution in [0.3, 0.4) is 0 Å². The van der Waals surface area contributed by atoms with E-state index in [0.717, 1.165) is 0 Å². The van der Waals surface area contributed by atoms with E-state index < -0.39 is 10.0 Å². The van der Waals surface area contributed by atoms with Gasteiger partial charge in [-0.15, -0.1) is 0 Å². The summed E-state index contributed by atoms with van der Waals surface area (Å²) in [7, 11) is -0.953. The van der Waals surface area contributed by atoms with Gasteiger partial charge in [-0.1, -0.05) is 12.1 Å². The lowest BCUT2D eigenvalue weighted by Gasteiger charge is -2.14. The van der Waals surface area contributed by atoms with Crippen molar-refractivity contribution in [2.45, 2.75) is 4.90 Å². The summed E-state index contributed by atoms with van der Waals surface area (Å²) in [6.45, 7) is 0. The topological polar surface area (TPSA) is 88.4 Å². The Balaban J connectivity index is 2.43. The lowest BCUT2D eigenvalue weighted by Crippen LogP contribution is -2.14. The SMILES string of the molecule is COc1cccc(NS(=O)(=O)c2cccc(C#N)c2)c1OC. The number of rotatable bonds is 5. The van der Waals surface area contributed by atoms with Crippen LogP contribution < -0.4 is 14.2 Å². The van der Waals surface area contributed by atoms with E-state index in [9.17, 15) is 8.42 Å². The van der Waals surface area contributed by atoms with Crippen molar-refractivity contribution in [2.75, 3.05) is 18.9 Å². The molecule has 0 unspecified atom stereocenters. The number of hydrogen-bond acceptors (Lipinski definition) is 5. The maximum Gasteiger partial charge on any atom is 0.262 e. The van der Waals surface area contributed by atoms with E-state index in [2.05, 4.69) is 4.72 Å². The zero-order chi connectivity index (χ0) is 16.2. The first-order valence-corrected chi connectivity index (χ1v) is 7.74. The molecule has 0 fully saturated rings. The quantitative estimate of drug-likeness (QED) is 0.914. The largest absolute Gasteiger partial charge is 0.493 e. The van der Waals surface area contributed by atoms with Crippen LogP contribution in [0.4, 0.5) is 5.69 Å². The lowest BCUT2D eigenvalue weighted by atomic mass is 10.2. The maximum atomic E-state index is 12.4. The molecule has 2 aromatic carbocycles. The number of sulfonamides is 1. The van der Waals surface area contributed by atoms with Crippen molar-refractivity contribution >= 4 is 15.7 Å². The van der Waals surface area contributed by atoms with Crippen molar-refractivity contribution in [3.8, 4) is 17.6 Å². The Labute approximate surface area is 129 Å². The first-order chi connectivity index (χ1) is 10.5. The first-order valence-electron chi connectivity index (χ1n) is 6.26. The van der Waals surface area contributed by atoms with E-state index in [1.165, 1.54) is 38.5 Å². The van der Waals surface area contributed by atoms with E-state index in [-0.39, 0.29) is 21.9 Å². The highest BCUT2D eigenvalue weighted by molar-refractivity contribution is 7.92. The molecule has 114 valence electrons. The Bertz CT molecular complexity index is 826. The van der Waals surface area contributed by atoms with Crippen LogP contribution >= 0.6 is 0 Å². The fourth-order valence-electron chi connectivity index (χ4n) is 1.90. The molecule has 0 heterocycles. The minimum absolute atomic E-state index is 0.00331. The molecule has 6 nitrogen and oxygen atoms in total. The van der Waals surface area contributed by atoms with Crippen LogP contribution in [-0.4, -0.2) is 22.6 Å². The summed E-state index contributed by atoms with van der Waals surface area (Å²) >= 11 is 0. The number of nitrogens with one attached hydrogen (secondary N) is 1. The number of anilines is 1. The summed E-state index contributed by atoms with van der Waals surface area (Å²) in [6, 6.07) is 12.5. The summed E-state index contributed by atoms with van der Waals surface area (Å²) in [6.07, 6.45) is 0. The summed E-state index contributed by atoms with van der Waals surface area (Å²) in [5.41, 5.74) is 0.518. The van der Waals surface area contributed by atoms with E-state index in [1.54, 1.807) is 18.2 Å². The number of benzene rings is 2. The molecule has 0 atom stereocenters. The van der Waals surface area contributed by atoms with Gasteiger partial charge >= 0.3 is 0 Å². The molecule has 0 spiro atoms. The average Bonchev–Trinajstić information content (AvgIpc) is 2.54. The zero-order valence-corrected chi connectivity index (χ0v) is 12.8. The van der Waals surface area contributed by atoms with Crippen molar-refractivity contribution < 1.29 is 17.9 Å². The summed E-state index contributed by atoms with van der Waals surface area (Å²) in [5.74, 6) is 0.693. The third-order valence-corrected chi connectivity index (χ3v) is 4.28. The van der Waals surface area contributed by atoms with Gasteiger partial charge in [0.2, 0.25) is 0 Å². The average molecular weight is 318 g/mol. The molecule has 22 heavy (non-hydrogen) atoms. The standard InChI is InChI=1S/C15H14N2O4S/c1-20-14-8-4-7-13(15(14)21-2)17-22(18,19)12-6-3-5-11(9-12)10-16/h3-9,17H,1-2H3. The molecule has 2 aromatic rings. The predicted molar refractivity (Wildman–Crippen MR) is 81.5 cm³/mol. The second-order valence-corrected chi connectivity index (χ2v) is 5.97. The highest BCUT2D eigenvalue weighted by atomic mass is 32.2. The van der Waals surface area contributed by atoms with Gasteiger partial charge in [-0.25, -0.2) is 8.42 Å². The summed E-state index contributed by atoms with van der Waals surface area (Å²) in [5, 5.41) is 8.87. The number of nitrogens with zero attached hydrogens (tertiary/aromatic N) is 1. The second kappa shape index (κ2) is 6.37. The van der Waals surface area contributed by atoms with Crippen molar-refractivity contribution in [2.24, 2.45) is 0 Å². The van der Waals surface area contributed by atoms with Crippen molar-refractivity contribution in [1.29, 1.82) is 5.26 Å². The molecule has 0 saturated heterocycles. The Morgan fingerprint density at radius 3 is 2.45 bits per heavy atom. The lowest BCUT2D eigenvalue weighted by molar-refractivity contribution is 0.356. The van der Waals surface area contributed by atoms with E-state index >= 15 is 0 Å². The van der Waals surface area contributed by atoms with Gasteiger partial charge in [0.25, 0.3) is 10.0 Å². The Hall–Kier alpha value is -2.72. The minimum atomic E-state index is -3.84. The van der Waals surface area contributed by atoms with Gasteiger partial charge in [0.15, 0.2) is 11.5 Å². The Morgan fingerprint density at radius 1 is 1.09 bits per heavy atom. The van der Waals surface area contributed by atoms with Crippen LogP contribution in [0.2, 0.25) is 0 Å². The van der Waals surface area contributed by atoms with Gasteiger partial charge < -0.3 is 9.47 Å². The molecule has 7 heteroatoms. The first kappa shape index (κ1) is 15.7. The van der Waals surface area contributed by atoms with Crippen LogP contribution in [0.5, 0.6) is 11.5 Å². The Kier molecular flexibility index (Phi) is 4.53. The van der Waals surface area contributed by atoms with E-state index in [4.69, 9.17) is 14.7 Å². The van der Waals surface area contributed by atoms with Crippen molar-refractivity contribution in [3.05, 3.63) is 48.0 Å². The van der Waals surface area contributed by atoms with Crippen molar-refractivity contribution in [1.82, 2.24) is 0 Å². The third-order valence-electron chi connectivity index (χ3n) is 2.92. The number of nitriles is 1. The monoisotopic (exact) mass is 318 g/mol.